The number of cyclic esters (lactones) is 1. The van der Waals surface area contributed by atoms with Crippen LogP contribution >= 0.6 is 0 Å². The van der Waals surface area contributed by atoms with E-state index in [1.807, 2.05) is 37.1 Å². The molecule has 230 valence electrons. The molecule has 13 nitrogen and oxygen atoms in total. The number of amides is 1. The number of carbonyl (C=O) groups is 3. The molecule has 2 fully saturated rings. The molecule has 3 heterocycles. The molecule has 1 atom stereocenters. The number of aldehydes is 1. The van der Waals surface area contributed by atoms with Crippen LogP contribution in [0.2, 0.25) is 0 Å². The molecule has 1 amide bonds. The van der Waals surface area contributed by atoms with Crippen LogP contribution in [0.5, 0.6) is 0 Å². The van der Waals surface area contributed by atoms with Gasteiger partial charge in [0, 0.05) is 55.7 Å². The maximum absolute atomic E-state index is 15.2. The van der Waals surface area contributed by atoms with E-state index < -0.39 is 23.8 Å². The van der Waals surface area contributed by atoms with Crippen molar-refractivity contribution >= 4 is 47.1 Å². The third-order valence-corrected chi connectivity index (χ3v) is 6.34. The molecule has 6 N–H and O–H groups in total. The van der Waals surface area contributed by atoms with Gasteiger partial charge in [-0.3, -0.25) is 9.88 Å². The Labute approximate surface area is 247 Å². The highest BCUT2D eigenvalue weighted by atomic mass is 19.1. The maximum atomic E-state index is 15.2. The molecule has 0 radical (unpaired) electrons. The first-order chi connectivity index (χ1) is 20.8. The number of nitrogens with zero attached hydrogens (tertiary/aromatic N) is 5. The summed E-state index contributed by atoms with van der Waals surface area (Å²) in [6, 6.07) is 12.0. The van der Waals surface area contributed by atoms with Gasteiger partial charge in [0.15, 0.2) is 11.6 Å². The van der Waals surface area contributed by atoms with Crippen molar-refractivity contribution in [1.29, 1.82) is 0 Å². The van der Waals surface area contributed by atoms with E-state index in [1.165, 1.54) is 29.2 Å². The van der Waals surface area contributed by atoms with Gasteiger partial charge in [0.05, 0.1) is 36.5 Å². The first-order valence-electron chi connectivity index (χ1n) is 13.3. The van der Waals surface area contributed by atoms with E-state index in [-0.39, 0.29) is 24.5 Å². The van der Waals surface area contributed by atoms with Gasteiger partial charge in [-0.25, -0.2) is 24.8 Å². The summed E-state index contributed by atoms with van der Waals surface area (Å²) < 4.78 is 35.8. The van der Waals surface area contributed by atoms with Gasteiger partial charge < -0.3 is 35.4 Å². The zero-order valence-corrected chi connectivity index (χ0v) is 23.7. The number of anilines is 3. The largest absolute Gasteiger partial charge is 0.442 e. The van der Waals surface area contributed by atoms with Crippen LogP contribution in [0, 0.1) is 11.6 Å². The summed E-state index contributed by atoms with van der Waals surface area (Å²) in [4.78, 5) is 36.3. The van der Waals surface area contributed by atoms with Gasteiger partial charge in [0.25, 0.3) is 0 Å². The number of pyridine rings is 1. The second kappa shape index (κ2) is 16.0. The molecule has 0 saturated carbocycles. The van der Waals surface area contributed by atoms with Crippen LogP contribution in [0.25, 0.3) is 10.9 Å². The van der Waals surface area contributed by atoms with Crippen LogP contribution in [0.3, 0.4) is 0 Å². The summed E-state index contributed by atoms with van der Waals surface area (Å²) in [5.41, 5.74) is 13.5. The lowest BCUT2D eigenvalue weighted by molar-refractivity contribution is -0.106. The van der Waals surface area contributed by atoms with Crippen molar-refractivity contribution in [2.45, 2.75) is 13.0 Å². The molecule has 0 aliphatic carbocycles. The summed E-state index contributed by atoms with van der Waals surface area (Å²) >= 11 is 0. The van der Waals surface area contributed by atoms with Gasteiger partial charge in [-0.05, 0) is 31.2 Å². The van der Waals surface area contributed by atoms with Crippen LogP contribution in [0.1, 0.15) is 6.92 Å². The predicted molar refractivity (Wildman–Crippen MR) is 159 cm³/mol. The Kier molecular flexibility index (Phi) is 12.1. The lowest BCUT2D eigenvalue weighted by Gasteiger charge is -2.25. The smallest absolute Gasteiger partial charge is 0.414 e. The van der Waals surface area contributed by atoms with E-state index in [0.29, 0.717) is 26.2 Å². The average molecular weight is 600 g/mol. The Hall–Kier alpha value is -4.86. The molecule has 2 aromatic carbocycles. The van der Waals surface area contributed by atoms with Crippen LogP contribution in [0.4, 0.5) is 30.6 Å². The molecule has 0 bridgehead atoms. The van der Waals surface area contributed by atoms with Crippen LogP contribution < -0.4 is 32.2 Å². The molecule has 3 aromatic rings. The molecular formula is C28H35F2N9O4. The Morgan fingerprint density at radius 2 is 1.91 bits per heavy atom. The average Bonchev–Trinajstić information content (AvgIpc) is 3.20. The summed E-state index contributed by atoms with van der Waals surface area (Å²) in [5, 5.41) is 4.07. The van der Waals surface area contributed by atoms with Crippen molar-refractivity contribution in [2.24, 2.45) is 11.6 Å². The minimum absolute atomic E-state index is 0.0798. The molecule has 2 saturated heterocycles. The zero-order chi connectivity index (χ0) is 31.4. The van der Waals surface area contributed by atoms with Crippen molar-refractivity contribution in [3.63, 3.8) is 0 Å². The normalized spacial score (nSPS) is 16.9. The summed E-state index contributed by atoms with van der Waals surface area (Å²) in [7, 11) is 0. The quantitative estimate of drug-likeness (QED) is 0.178. The molecule has 0 spiro atoms. The first-order valence-corrected chi connectivity index (χ1v) is 13.3. The van der Waals surface area contributed by atoms with E-state index in [2.05, 4.69) is 15.8 Å². The topological polar surface area (TPSA) is 162 Å². The number of carbonyl (C=O) groups excluding carboxylic acids is 3. The highest BCUT2D eigenvalue weighted by molar-refractivity contribution is 5.90. The highest BCUT2D eigenvalue weighted by Crippen LogP contribution is 2.31. The van der Waals surface area contributed by atoms with Gasteiger partial charge in [-0.15, -0.1) is 0 Å². The van der Waals surface area contributed by atoms with Crippen molar-refractivity contribution in [1.82, 2.24) is 20.5 Å². The van der Waals surface area contributed by atoms with Crippen molar-refractivity contribution < 1.29 is 27.9 Å². The van der Waals surface area contributed by atoms with Gasteiger partial charge in [-0.1, -0.05) is 6.07 Å². The third kappa shape index (κ3) is 8.57. The molecule has 0 unspecified atom stereocenters. The number of halogens is 2. The van der Waals surface area contributed by atoms with Gasteiger partial charge in [0.2, 0.25) is 0 Å². The molecule has 2 aliphatic rings. The summed E-state index contributed by atoms with van der Waals surface area (Å²) in [6.07, 6.45) is 3.90. The fourth-order valence-corrected chi connectivity index (χ4v) is 4.60. The zero-order valence-electron chi connectivity index (χ0n) is 23.7. The van der Waals surface area contributed by atoms with Gasteiger partial charge in [-0.2, -0.15) is 5.12 Å². The number of rotatable bonds is 7. The number of hydrazine groups is 3. The van der Waals surface area contributed by atoms with E-state index in [0.717, 1.165) is 35.0 Å². The Bertz CT molecular complexity index is 1390. The molecule has 5 rings (SSSR count). The van der Waals surface area contributed by atoms with Crippen LogP contribution in [-0.4, -0.2) is 79.7 Å². The molecule has 43 heavy (non-hydrogen) atoms. The number of ether oxygens (including phenoxy) is 1. The first kappa shape index (κ1) is 32.7. The van der Waals surface area contributed by atoms with E-state index in [9.17, 15) is 4.79 Å². The number of nitrogens with two attached hydrogens (primary N) is 2. The lowest BCUT2D eigenvalue weighted by atomic mass is 10.2. The minimum atomic E-state index is -0.758. The third-order valence-electron chi connectivity index (χ3n) is 6.34. The SMILES string of the molecule is C=O.CC=O.N/C=C\N(N)C[C@H]1CN(c2cc(F)c(N3CCNN(Nc4ccc5ncccc5c4)CC3)c(F)c2)C(=O)O1. The monoisotopic (exact) mass is 599 g/mol. The van der Waals surface area contributed by atoms with E-state index in [4.69, 9.17) is 25.9 Å². The number of nitrogens with one attached hydrogen (secondary N) is 2. The second-order valence-electron chi connectivity index (χ2n) is 9.22. The van der Waals surface area contributed by atoms with Crippen LogP contribution in [-0.2, 0) is 14.3 Å². The van der Waals surface area contributed by atoms with Gasteiger partial charge >= 0.3 is 6.09 Å². The number of benzene rings is 2. The number of hydrogen-bond acceptors (Lipinski definition) is 12. The van der Waals surface area contributed by atoms with E-state index >= 15 is 8.78 Å². The number of fused-ring (bicyclic) bond motifs is 1. The van der Waals surface area contributed by atoms with Gasteiger partial charge in [0.1, 0.15) is 24.9 Å². The standard InChI is InChI=1S/C25H29F2N9O2.C2H4O.CH2O/c26-21-13-19(35-16-20(38-25(35)37)15-34(29)8-5-28)14-22(27)24(21)33-9-7-31-36(11-10-33)32-18-3-4-23-17(12-18)2-1-6-30-23;1-2-3;1-2/h1-6,8,12-14,20,31-32H,7,9-11,15-16,28-29H2;2H,1H3;1H2/b8-5-;;/t20-;;/m0../s1. The molecule has 2 aliphatic heterocycles. The fraction of sp³-hybridized carbons (Fsp3) is 0.286. The number of hydrogen-bond donors (Lipinski definition) is 4. The minimum Gasteiger partial charge on any atom is -0.442 e. The summed E-state index contributed by atoms with van der Waals surface area (Å²) in [5.74, 6) is 4.23. The van der Waals surface area contributed by atoms with Crippen molar-refractivity contribution in [3.8, 4) is 0 Å². The Balaban J connectivity index is 0.000000953. The fourth-order valence-electron chi connectivity index (χ4n) is 4.60. The highest BCUT2D eigenvalue weighted by Gasteiger charge is 2.34. The number of aromatic nitrogens is 1. The van der Waals surface area contributed by atoms with Crippen molar-refractivity contribution in [2.75, 3.05) is 54.5 Å². The molecule has 15 heteroatoms. The Morgan fingerprint density at radius 1 is 1.19 bits per heavy atom. The lowest BCUT2D eigenvalue weighted by Crippen LogP contribution is -2.43. The van der Waals surface area contributed by atoms with Crippen molar-refractivity contribution in [3.05, 3.63) is 72.7 Å². The Morgan fingerprint density at radius 3 is 2.60 bits per heavy atom. The van der Waals surface area contributed by atoms with E-state index in [1.54, 1.807) is 16.2 Å². The molecule has 1 aromatic heterocycles. The second-order valence-corrected chi connectivity index (χ2v) is 9.22. The maximum Gasteiger partial charge on any atom is 0.414 e. The summed E-state index contributed by atoms with van der Waals surface area (Å²) in [6.45, 7) is 5.36. The van der Waals surface area contributed by atoms with Crippen LogP contribution in [0.15, 0.2) is 61.1 Å². The predicted octanol–water partition coefficient (Wildman–Crippen LogP) is 2.12. The molecular weight excluding hydrogens is 564 g/mol.